The van der Waals surface area contributed by atoms with Crippen LogP contribution < -0.4 is 16.0 Å². The summed E-state index contributed by atoms with van der Waals surface area (Å²) in [7, 11) is 0. The third-order valence-electron chi connectivity index (χ3n) is 4.22. The first-order chi connectivity index (χ1) is 11.5. The first kappa shape index (κ1) is 16.0. The van der Waals surface area contributed by atoms with Gasteiger partial charge in [0.05, 0.1) is 23.6 Å². The zero-order valence-electron chi connectivity index (χ0n) is 13.7. The molecule has 0 saturated carbocycles. The predicted octanol–water partition coefficient (Wildman–Crippen LogP) is 2.58. The molecule has 3 rings (SSSR count). The van der Waals surface area contributed by atoms with E-state index in [0.717, 1.165) is 22.9 Å². The lowest BCUT2D eigenvalue weighted by Crippen LogP contribution is -2.48. The van der Waals surface area contributed by atoms with Crippen molar-refractivity contribution >= 4 is 23.2 Å². The third kappa shape index (κ3) is 3.40. The van der Waals surface area contributed by atoms with Crippen LogP contribution in [0.3, 0.4) is 0 Å². The number of benzene rings is 1. The summed E-state index contributed by atoms with van der Waals surface area (Å²) >= 11 is 0. The molecule has 0 atom stereocenters. The number of nitrogen functional groups attached to an aromatic ring is 1. The van der Waals surface area contributed by atoms with E-state index < -0.39 is 6.09 Å². The molecule has 4 N–H and O–H groups in total. The maximum absolute atomic E-state index is 11.0. The van der Waals surface area contributed by atoms with Crippen LogP contribution in [0.2, 0.25) is 0 Å². The lowest BCUT2D eigenvalue weighted by molar-refractivity contribution is 0.142. The number of nitrogens with two attached hydrogens (primary N) is 1. The molecule has 0 radical (unpaired) electrons. The number of aryl methyl sites for hydroxylation is 1. The molecule has 1 aromatic carbocycles. The van der Waals surface area contributed by atoms with Crippen LogP contribution in [0, 0.1) is 6.92 Å². The highest BCUT2D eigenvalue weighted by Gasteiger charge is 2.22. The Morgan fingerprint density at radius 1 is 1.25 bits per heavy atom. The van der Waals surface area contributed by atoms with Gasteiger partial charge < -0.3 is 30.4 Å². The summed E-state index contributed by atoms with van der Waals surface area (Å²) in [5.74, 6) is 1.73. The molecule has 1 amide bonds. The monoisotopic (exact) mass is 330 g/mol. The van der Waals surface area contributed by atoms with Crippen molar-refractivity contribution in [3.8, 4) is 0 Å². The van der Waals surface area contributed by atoms with E-state index in [4.69, 9.17) is 15.3 Å². The van der Waals surface area contributed by atoms with Crippen molar-refractivity contribution in [2.75, 3.05) is 42.1 Å². The Morgan fingerprint density at radius 2 is 2.00 bits per heavy atom. The summed E-state index contributed by atoms with van der Waals surface area (Å²) in [5.41, 5.74) is 8.76. The highest BCUT2D eigenvalue weighted by Crippen LogP contribution is 2.31. The number of carbonyl (C=O) groups is 1. The molecule has 1 saturated heterocycles. The molecular weight excluding hydrogens is 308 g/mol. The molecule has 1 fully saturated rings. The van der Waals surface area contributed by atoms with Crippen molar-refractivity contribution in [1.82, 2.24) is 4.90 Å². The highest BCUT2D eigenvalue weighted by atomic mass is 16.4. The Bertz CT molecular complexity index is 720. The van der Waals surface area contributed by atoms with Crippen LogP contribution in [0.1, 0.15) is 11.5 Å². The minimum Gasteiger partial charge on any atom is -0.465 e. The van der Waals surface area contributed by atoms with Crippen LogP contribution in [0.25, 0.3) is 0 Å². The van der Waals surface area contributed by atoms with E-state index in [1.165, 1.54) is 4.90 Å². The number of piperazine rings is 1. The molecule has 0 unspecified atom stereocenters. The fraction of sp³-hybridized carbons (Fsp3) is 0.353. The number of furan rings is 1. The minimum atomic E-state index is -0.869. The van der Waals surface area contributed by atoms with Gasteiger partial charge in [-0.05, 0) is 31.2 Å². The van der Waals surface area contributed by atoms with Crippen LogP contribution in [0.4, 0.5) is 21.9 Å². The summed E-state index contributed by atoms with van der Waals surface area (Å²) < 4.78 is 5.55. The number of anilines is 3. The molecule has 1 aliphatic heterocycles. The number of hydrogen-bond acceptors (Lipinski definition) is 5. The summed E-state index contributed by atoms with van der Waals surface area (Å²) in [5, 5.41) is 12.3. The van der Waals surface area contributed by atoms with Crippen LogP contribution in [0.5, 0.6) is 0 Å². The molecule has 7 nitrogen and oxygen atoms in total. The van der Waals surface area contributed by atoms with Gasteiger partial charge in [-0.3, -0.25) is 0 Å². The second kappa shape index (κ2) is 6.74. The molecule has 1 aliphatic rings. The summed E-state index contributed by atoms with van der Waals surface area (Å²) in [6, 6.07) is 9.72. The van der Waals surface area contributed by atoms with E-state index >= 15 is 0 Å². The zero-order chi connectivity index (χ0) is 17.1. The molecular formula is C17H22N4O3. The van der Waals surface area contributed by atoms with Crippen molar-refractivity contribution < 1.29 is 14.3 Å². The Labute approximate surface area is 140 Å². The smallest absolute Gasteiger partial charge is 0.407 e. The van der Waals surface area contributed by atoms with Crippen molar-refractivity contribution in [1.29, 1.82) is 0 Å². The largest absolute Gasteiger partial charge is 0.465 e. The van der Waals surface area contributed by atoms with Crippen LogP contribution in [0.15, 0.2) is 34.7 Å². The summed E-state index contributed by atoms with van der Waals surface area (Å²) in [6.07, 6.45) is -0.869. The Morgan fingerprint density at radius 3 is 2.62 bits per heavy atom. The summed E-state index contributed by atoms with van der Waals surface area (Å²) in [6.45, 7) is 4.72. The van der Waals surface area contributed by atoms with Crippen molar-refractivity contribution in [2.24, 2.45) is 0 Å². The van der Waals surface area contributed by atoms with Crippen molar-refractivity contribution in [3.05, 3.63) is 41.9 Å². The fourth-order valence-corrected chi connectivity index (χ4v) is 2.88. The topological polar surface area (TPSA) is 95.0 Å². The number of nitrogens with one attached hydrogen (secondary N) is 1. The van der Waals surface area contributed by atoms with E-state index in [1.807, 2.05) is 37.3 Å². The van der Waals surface area contributed by atoms with Gasteiger partial charge in [-0.2, -0.15) is 0 Å². The first-order valence-electron chi connectivity index (χ1n) is 7.95. The maximum atomic E-state index is 11.0. The van der Waals surface area contributed by atoms with E-state index in [-0.39, 0.29) is 0 Å². The van der Waals surface area contributed by atoms with Gasteiger partial charge in [0.2, 0.25) is 0 Å². The second-order valence-corrected chi connectivity index (χ2v) is 5.86. The van der Waals surface area contributed by atoms with Gasteiger partial charge >= 0.3 is 6.09 Å². The van der Waals surface area contributed by atoms with E-state index in [0.29, 0.717) is 38.4 Å². The quantitative estimate of drug-likeness (QED) is 0.746. The fourth-order valence-electron chi connectivity index (χ4n) is 2.88. The van der Waals surface area contributed by atoms with Crippen LogP contribution >= 0.6 is 0 Å². The molecule has 0 bridgehead atoms. The van der Waals surface area contributed by atoms with E-state index in [9.17, 15) is 4.79 Å². The molecule has 1 aromatic heterocycles. The molecule has 2 aromatic rings. The van der Waals surface area contributed by atoms with Gasteiger partial charge in [0.1, 0.15) is 11.5 Å². The van der Waals surface area contributed by atoms with Crippen molar-refractivity contribution in [2.45, 2.75) is 13.5 Å². The second-order valence-electron chi connectivity index (χ2n) is 5.86. The molecule has 7 heteroatoms. The van der Waals surface area contributed by atoms with Gasteiger partial charge in [-0.15, -0.1) is 0 Å². The molecule has 0 spiro atoms. The number of carboxylic acid groups (broad SMARTS) is 1. The van der Waals surface area contributed by atoms with Gasteiger partial charge in [-0.25, -0.2) is 4.79 Å². The minimum absolute atomic E-state index is 0.484. The van der Waals surface area contributed by atoms with Crippen LogP contribution in [-0.2, 0) is 6.54 Å². The predicted molar refractivity (Wildman–Crippen MR) is 93.4 cm³/mol. The maximum Gasteiger partial charge on any atom is 0.407 e. The third-order valence-corrected chi connectivity index (χ3v) is 4.22. The molecule has 0 aliphatic carbocycles. The SMILES string of the molecule is Cc1ccc(CNc2cccc(N3CCN(C(=O)O)CC3)c2N)o1. The number of nitrogens with zero attached hydrogens (tertiary/aromatic N) is 2. The van der Waals surface area contributed by atoms with E-state index in [1.54, 1.807) is 0 Å². The van der Waals surface area contributed by atoms with Crippen LogP contribution in [-0.4, -0.2) is 42.3 Å². The number of hydrogen-bond donors (Lipinski definition) is 3. The van der Waals surface area contributed by atoms with Gasteiger partial charge in [0, 0.05) is 26.2 Å². The highest BCUT2D eigenvalue weighted by molar-refractivity contribution is 5.81. The van der Waals surface area contributed by atoms with Crippen molar-refractivity contribution in [3.63, 3.8) is 0 Å². The molecule has 128 valence electrons. The van der Waals surface area contributed by atoms with Gasteiger partial charge in [0.15, 0.2) is 0 Å². The Hall–Kier alpha value is -2.83. The number of amides is 1. The van der Waals surface area contributed by atoms with E-state index in [2.05, 4.69) is 10.2 Å². The average molecular weight is 330 g/mol. The van der Waals surface area contributed by atoms with Gasteiger partial charge in [0.25, 0.3) is 0 Å². The summed E-state index contributed by atoms with van der Waals surface area (Å²) in [4.78, 5) is 14.6. The number of rotatable bonds is 4. The lowest BCUT2D eigenvalue weighted by Gasteiger charge is -2.35. The molecule has 24 heavy (non-hydrogen) atoms. The first-order valence-corrected chi connectivity index (χ1v) is 7.95. The standard InChI is InChI=1S/C17H22N4O3/c1-12-5-6-13(24-12)11-19-14-3-2-4-15(16(14)18)20-7-9-21(10-8-20)17(22)23/h2-6,19H,7-11,18H2,1H3,(H,22,23). The Kier molecular flexibility index (Phi) is 4.50. The Balaban J connectivity index is 1.68. The lowest BCUT2D eigenvalue weighted by atomic mass is 10.2. The zero-order valence-corrected chi connectivity index (χ0v) is 13.7. The normalized spacial score (nSPS) is 14.7. The van der Waals surface area contributed by atoms with Gasteiger partial charge in [-0.1, -0.05) is 6.07 Å². The molecule has 2 heterocycles. The number of para-hydroxylation sites is 1. The average Bonchev–Trinajstić information content (AvgIpc) is 2.99.